The van der Waals surface area contributed by atoms with Crippen molar-refractivity contribution < 1.29 is 4.79 Å². The fourth-order valence-electron chi connectivity index (χ4n) is 1.70. The second-order valence-corrected chi connectivity index (χ2v) is 5.50. The van der Waals surface area contributed by atoms with E-state index in [1.165, 1.54) is 4.88 Å². The second-order valence-electron chi connectivity index (χ2n) is 3.58. The van der Waals surface area contributed by atoms with Crippen LogP contribution in [-0.2, 0) is 11.3 Å². The second kappa shape index (κ2) is 4.55. The maximum absolute atomic E-state index is 11.2. The minimum atomic E-state index is 0.381. The zero-order chi connectivity index (χ0) is 9.97. The van der Waals surface area contributed by atoms with Gasteiger partial charge in [0.25, 0.3) is 0 Å². The lowest BCUT2D eigenvalue weighted by molar-refractivity contribution is -0.122. The maximum Gasteiger partial charge on any atom is 0.146 e. The zero-order valence-electron chi connectivity index (χ0n) is 7.83. The van der Waals surface area contributed by atoms with Crippen LogP contribution in [0.5, 0.6) is 0 Å². The van der Waals surface area contributed by atoms with Gasteiger partial charge in [0.15, 0.2) is 0 Å². The minimum absolute atomic E-state index is 0.381. The number of Topliss-reactive ketones (excluding diaryl/α,β-unsaturated/α-hetero) is 1. The molecule has 2 heterocycles. The lowest BCUT2D eigenvalue weighted by Gasteiger charge is -2.24. The Labute approximate surface area is 96.0 Å². The van der Waals surface area contributed by atoms with E-state index in [2.05, 4.69) is 32.3 Å². The summed E-state index contributed by atoms with van der Waals surface area (Å²) < 4.78 is 1.14. The molecule has 14 heavy (non-hydrogen) atoms. The van der Waals surface area contributed by atoms with Gasteiger partial charge in [-0.25, -0.2) is 0 Å². The van der Waals surface area contributed by atoms with Crippen LogP contribution in [0.4, 0.5) is 0 Å². The van der Waals surface area contributed by atoms with Crippen molar-refractivity contribution in [2.45, 2.75) is 19.4 Å². The number of ketones is 1. The van der Waals surface area contributed by atoms with Crippen molar-refractivity contribution in [3.63, 3.8) is 0 Å². The molecule has 4 heteroatoms. The Morgan fingerprint density at radius 1 is 1.57 bits per heavy atom. The number of carbonyl (C=O) groups is 1. The zero-order valence-corrected chi connectivity index (χ0v) is 10.2. The van der Waals surface area contributed by atoms with E-state index < -0.39 is 0 Å². The van der Waals surface area contributed by atoms with Gasteiger partial charge in [0.1, 0.15) is 5.78 Å². The summed E-state index contributed by atoms with van der Waals surface area (Å²) in [5, 5.41) is 2.08. The molecule has 2 nitrogen and oxygen atoms in total. The third kappa shape index (κ3) is 2.65. The van der Waals surface area contributed by atoms with Crippen LogP contribution in [0.2, 0.25) is 0 Å². The number of thiophene rings is 1. The largest absolute Gasteiger partial charge is 0.298 e. The summed E-state index contributed by atoms with van der Waals surface area (Å²) in [6.07, 6.45) is 1.79. The van der Waals surface area contributed by atoms with E-state index in [4.69, 9.17) is 0 Å². The molecule has 1 fully saturated rings. The summed E-state index contributed by atoms with van der Waals surface area (Å²) in [6, 6.07) is 2.13. The number of rotatable bonds is 2. The normalized spacial score (nSPS) is 18.8. The van der Waals surface area contributed by atoms with Crippen molar-refractivity contribution in [2.75, 3.05) is 13.1 Å². The van der Waals surface area contributed by atoms with Gasteiger partial charge in [-0.1, -0.05) is 0 Å². The highest BCUT2D eigenvalue weighted by molar-refractivity contribution is 9.10. The van der Waals surface area contributed by atoms with Gasteiger partial charge in [-0.15, -0.1) is 11.3 Å². The summed E-state index contributed by atoms with van der Waals surface area (Å²) in [6.45, 7) is 2.61. The van der Waals surface area contributed by atoms with Crippen LogP contribution in [0, 0.1) is 0 Å². The van der Waals surface area contributed by atoms with E-state index in [1.54, 1.807) is 11.3 Å². The van der Waals surface area contributed by atoms with Crippen LogP contribution in [0.3, 0.4) is 0 Å². The molecular formula is C10H12BrNOS. The monoisotopic (exact) mass is 273 g/mol. The molecule has 1 aliphatic heterocycles. The van der Waals surface area contributed by atoms with Crippen LogP contribution in [0.15, 0.2) is 15.9 Å². The number of halogens is 1. The highest BCUT2D eigenvalue weighted by Crippen LogP contribution is 2.22. The average Bonchev–Trinajstić information content (AvgIpc) is 2.51. The topological polar surface area (TPSA) is 20.3 Å². The van der Waals surface area contributed by atoms with Crippen molar-refractivity contribution in [2.24, 2.45) is 0 Å². The molecule has 76 valence electrons. The lowest BCUT2D eigenvalue weighted by atomic mass is 10.1. The molecule has 0 amide bonds. The lowest BCUT2D eigenvalue weighted by Crippen LogP contribution is -2.34. The molecule has 2 rings (SSSR count). The molecule has 0 unspecified atom stereocenters. The van der Waals surface area contributed by atoms with Crippen molar-refractivity contribution >= 4 is 33.0 Å². The van der Waals surface area contributed by atoms with E-state index >= 15 is 0 Å². The molecule has 1 aromatic rings. The number of piperidine rings is 1. The molecule has 0 saturated carbocycles. The van der Waals surface area contributed by atoms with Gasteiger partial charge < -0.3 is 0 Å². The van der Waals surface area contributed by atoms with E-state index in [9.17, 15) is 4.79 Å². The van der Waals surface area contributed by atoms with E-state index in [0.29, 0.717) is 12.3 Å². The molecule has 0 radical (unpaired) electrons. The third-order valence-corrected chi connectivity index (χ3v) is 4.01. The minimum Gasteiger partial charge on any atom is -0.298 e. The fraction of sp³-hybridized carbons (Fsp3) is 0.500. The van der Waals surface area contributed by atoms with Crippen molar-refractivity contribution in [1.29, 1.82) is 0 Å². The smallest absolute Gasteiger partial charge is 0.146 e. The van der Waals surface area contributed by atoms with Gasteiger partial charge in [-0.3, -0.25) is 9.69 Å². The molecule has 0 bridgehead atoms. The number of carbonyl (C=O) groups excluding carboxylic acids is 1. The first-order valence-electron chi connectivity index (χ1n) is 4.71. The maximum atomic E-state index is 11.2. The predicted octanol–water partition coefficient (Wildman–Crippen LogP) is 2.68. The molecule has 0 atom stereocenters. The summed E-state index contributed by atoms with van der Waals surface area (Å²) in [5.74, 6) is 0.381. The number of hydrogen-bond donors (Lipinski definition) is 0. The predicted molar refractivity (Wildman–Crippen MR) is 61.5 cm³/mol. The molecule has 0 N–H and O–H groups in total. The molecule has 0 spiro atoms. The Hall–Kier alpha value is -0.190. The Morgan fingerprint density at radius 3 is 3.07 bits per heavy atom. The van der Waals surface area contributed by atoms with Gasteiger partial charge in [0.2, 0.25) is 0 Å². The molecule has 1 saturated heterocycles. The molecule has 1 aromatic heterocycles. The van der Waals surface area contributed by atoms with E-state index in [0.717, 1.165) is 30.4 Å². The highest BCUT2D eigenvalue weighted by atomic mass is 79.9. The van der Waals surface area contributed by atoms with Gasteiger partial charge in [0, 0.05) is 27.7 Å². The SMILES string of the molecule is O=C1CCCN(Cc2cc(Br)cs2)C1. The summed E-state index contributed by atoms with van der Waals surface area (Å²) >= 11 is 5.18. The molecule has 1 aliphatic rings. The van der Waals surface area contributed by atoms with Crippen LogP contribution in [-0.4, -0.2) is 23.8 Å². The summed E-state index contributed by atoms with van der Waals surface area (Å²) in [5.41, 5.74) is 0. The Kier molecular flexibility index (Phi) is 3.36. The first kappa shape index (κ1) is 10.3. The third-order valence-electron chi connectivity index (χ3n) is 2.33. The van der Waals surface area contributed by atoms with Gasteiger partial charge in [0.05, 0.1) is 6.54 Å². The van der Waals surface area contributed by atoms with Crippen LogP contribution < -0.4 is 0 Å². The molecule has 0 aromatic carbocycles. The number of nitrogens with zero attached hydrogens (tertiary/aromatic N) is 1. The Morgan fingerprint density at radius 2 is 2.43 bits per heavy atom. The van der Waals surface area contributed by atoms with Gasteiger partial charge in [-0.05, 0) is 35.0 Å². The fourth-order valence-corrected chi connectivity index (χ4v) is 3.19. The Bertz CT molecular complexity index is 337. The average molecular weight is 274 g/mol. The standard InChI is InChI=1S/C10H12BrNOS/c11-8-4-10(14-7-8)6-12-3-1-2-9(13)5-12/h4,7H,1-3,5-6H2. The van der Waals surface area contributed by atoms with Gasteiger partial charge >= 0.3 is 0 Å². The highest BCUT2D eigenvalue weighted by Gasteiger charge is 2.16. The molecule has 0 aliphatic carbocycles. The van der Waals surface area contributed by atoms with Crippen LogP contribution in [0.1, 0.15) is 17.7 Å². The Balaban J connectivity index is 1.93. The summed E-state index contributed by atoms with van der Waals surface area (Å²) in [4.78, 5) is 14.8. The number of hydrogen-bond acceptors (Lipinski definition) is 3. The van der Waals surface area contributed by atoms with Crippen LogP contribution >= 0.6 is 27.3 Å². The molecular weight excluding hydrogens is 262 g/mol. The van der Waals surface area contributed by atoms with Crippen molar-refractivity contribution in [1.82, 2.24) is 4.90 Å². The van der Waals surface area contributed by atoms with Crippen LogP contribution in [0.25, 0.3) is 0 Å². The quantitative estimate of drug-likeness (QED) is 0.826. The van der Waals surface area contributed by atoms with Crippen molar-refractivity contribution in [3.8, 4) is 0 Å². The van der Waals surface area contributed by atoms with E-state index in [-0.39, 0.29) is 0 Å². The van der Waals surface area contributed by atoms with Gasteiger partial charge in [-0.2, -0.15) is 0 Å². The van der Waals surface area contributed by atoms with Crippen molar-refractivity contribution in [3.05, 3.63) is 20.8 Å². The van der Waals surface area contributed by atoms with E-state index in [1.807, 2.05) is 0 Å². The number of likely N-dealkylation sites (tertiary alicyclic amines) is 1. The summed E-state index contributed by atoms with van der Waals surface area (Å²) in [7, 11) is 0. The first-order chi connectivity index (χ1) is 6.74. The first-order valence-corrected chi connectivity index (χ1v) is 6.38.